The Bertz CT molecular complexity index is 269. The third-order valence-electron chi connectivity index (χ3n) is 1.87. The molecule has 0 unspecified atom stereocenters. The van der Waals surface area contributed by atoms with E-state index in [9.17, 15) is 0 Å². The Kier molecular flexibility index (Phi) is 2.40. The SMILES string of the molecule is Cc1cc(C)c(OCl)cc1C. The van der Waals surface area contributed by atoms with Crippen molar-refractivity contribution < 1.29 is 4.29 Å². The molecule has 0 amide bonds. The van der Waals surface area contributed by atoms with Gasteiger partial charge < -0.3 is 4.29 Å². The molecule has 0 aliphatic rings. The monoisotopic (exact) mass is 170 g/mol. The highest BCUT2D eigenvalue weighted by Gasteiger charge is 2.01. The van der Waals surface area contributed by atoms with Gasteiger partial charge in [0.25, 0.3) is 0 Å². The molecule has 0 heterocycles. The third kappa shape index (κ3) is 1.66. The van der Waals surface area contributed by atoms with Gasteiger partial charge in [0.15, 0.2) is 0 Å². The Morgan fingerprint density at radius 1 is 1.00 bits per heavy atom. The van der Waals surface area contributed by atoms with Crippen molar-refractivity contribution in [3.05, 3.63) is 28.8 Å². The van der Waals surface area contributed by atoms with Crippen molar-refractivity contribution in [2.45, 2.75) is 20.8 Å². The Morgan fingerprint density at radius 2 is 1.55 bits per heavy atom. The van der Waals surface area contributed by atoms with E-state index in [0.29, 0.717) is 0 Å². The molecule has 0 aliphatic carbocycles. The van der Waals surface area contributed by atoms with Crippen LogP contribution in [0.5, 0.6) is 5.75 Å². The molecule has 0 atom stereocenters. The van der Waals surface area contributed by atoms with Crippen LogP contribution in [0.3, 0.4) is 0 Å². The smallest absolute Gasteiger partial charge is 0.149 e. The fourth-order valence-electron chi connectivity index (χ4n) is 1.02. The Hall–Kier alpha value is -0.690. The van der Waals surface area contributed by atoms with Gasteiger partial charge in [-0.15, -0.1) is 0 Å². The van der Waals surface area contributed by atoms with Gasteiger partial charge in [-0.25, -0.2) is 0 Å². The van der Waals surface area contributed by atoms with Crippen LogP contribution >= 0.6 is 11.9 Å². The molecular formula is C9H11ClO. The highest BCUT2D eigenvalue weighted by molar-refractivity contribution is 6.09. The van der Waals surface area contributed by atoms with Gasteiger partial charge >= 0.3 is 0 Å². The second-order valence-corrected chi connectivity index (χ2v) is 2.93. The molecule has 0 bridgehead atoms. The molecule has 0 spiro atoms. The van der Waals surface area contributed by atoms with E-state index < -0.39 is 0 Å². The summed E-state index contributed by atoms with van der Waals surface area (Å²) in [5.74, 6) is 0.745. The Morgan fingerprint density at radius 3 is 2.09 bits per heavy atom. The summed E-state index contributed by atoms with van der Waals surface area (Å²) < 4.78 is 4.65. The lowest BCUT2D eigenvalue weighted by atomic mass is 10.1. The predicted molar refractivity (Wildman–Crippen MR) is 47.1 cm³/mol. The summed E-state index contributed by atoms with van der Waals surface area (Å²) in [6, 6.07) is 4.00. The van der Waals surface area contributed by atoms with Crippen molar-refractivity contribution in [1.82, 2.24) is 0 Å². The quantitative estimate of drug-likeness (QED) is 0.629. The van der Waals surface area contributed by atoms with Crippen LogP contribution in [0.1, 0.15) is 16.7 Å². The number of hydrogen-bond acceptors (Lipinski definition) is 1. The van der Waals surface area contributed by atoms with E-state index in [1.165, 1.54) is 11.1 Å². The van der Waals surface area contributed by atoms with E-state index >= 15 is 0 Å². The molecule has 0 aliphatic heterocycles. The molecule has 0 N–H and O–H groups in total. The van der Waals surface area contributed by atoms with Crippen molar-refractivity contribution in [3.63, 3.8) is 0 Å². The summed E-state index contributed by atoms with van der Waals surface area (Å²) in [4.78, 5) is 0. The topological polar surface area (TPSA) is 9.23 Å². The van der Waals surface area contributed by atoms with Crippen LogP contribution < -0.4 is 4.29 Å². The molecule has 0 saturated carbocycles. The zero-order chi connectivity index (χ0) is 8.43. The number of rotatable bonds is 1. The van der Waals surface area contributed by atoms with Crippen molar-refractivity contribution >= 4 is 11.9 Å². The summed E-state index contributed by atoms with van der Waals surface area (Å²) in [5, 5.41) is 0. The van der Waals surface area contributed by atoms with E-state index in [0.717, 1.165) is 11.3 Å². The van der Waals surface area contributed by atoms with Crippen LogP contribution in [0, 0.1) is 20.8 Å². The van der Waals surface area contributed by atoms with Crippen LogP contribution in [0.25, 0.3) is 0 Å². The average Bonchev–Trinajstić information content (AvgIpc) is 1.97. The Labute approximate surface area is 72.1 Å². The first-order valence-corrected chi connectivity index (χ1v) is 3.82. The third-order valence-corrected chi connectivity index (χ3v) is 2.04. The second-order valence-electron chi connectivity index (χ2n) is 2.78. The predicted octanol–water partition coefficient (Wildman–Crippen LogP) is 3.14. The first-order chi connectivity index (χ1) is 5.15. The van der Waals surface area contributed by atoms with Gasteiger partial charge in [-0.2, -0.15) is 0 Å². The molecule has 0 saturated heterocycles. The molecular weight excluding hydrogens is 160 g/mol. The van der Waals surface area contributed by atoms with E-state index in [-0.39, 0.29) is 0 Å². The average molecular weight is 171 g/mol. The number of halogens is 1. The van der Waals surface area contributed by atoms with Crippen molar-refractivity contribution in [3.8, 4) is 5.75 Å². The summed E-state index contributed by atoms with van der Waals surface area (Å²) in [6.07, 6.45) is 0. The summed E-state index contributed by atoms with van der Waals surface area (Å²) in [6.45, 7) is 6.08. The highest BCUT2D eigenvalue weighted by Crippen LogP contribution is 2.22. The maximum absolute atomic E-state index is 5.26. The number of benzene rings is 1. The fourth-order valence-corrected chi connectivity index (χ4v) is 1.18. The molecule has 1 nitrogen and oxygen atoms in total. The van der Waals surface area contributed by atoms with E-state index in [1.54, 1.807) is 0 Å². The first-order valence-electron chi connectivity index (χ1n) is 3.51. The lowest BCUT2D eigenvalue weighted by Crippen LogP contribution is -1.86. The van der Waals surface area contributed by atoms with E-state index in [2.05, 4.69) is 17.3 Å². The second kappa shape index (κ2) is 3.14. The standard InChI is InChI=1S/C9H11ClO/c1-6-4-8(3)9(11-10)5-7(6)2/h4-5H,1-3H3. The molecule has 2 heteroatoms. The minimum absolute atomic E-state index is 0.745. The molecule has 1 aromatic rings. The van der Waals surface area contributed by atoms with Crippen molar-refractivity contribution in [1.29, 1.82) is 0 Å². The van der Waals surface area contributed by atoms with Gasteiger partial charge in [-0.3, -0.25) is 0 Å². The molecule has 1 rings (SSSR count). The van der Waals surface area contributed by atoms with E-state index in [4.69, 9.17) is 11.9 Å². The maximum atomic E-state index is 5.26. The van der Waals surface area contributed by atoms with Gasteiger partial charge in [-0.05, 0) is 43.5 Å². The van der Waals surface area contributed by atoms with Crippen LogP contribution in [0.15, 0.2) is 12.1 Å². The lowest BCUT2D eigenvalue weighted by molar-refractivity contribution is 0.612. The highest BCUT2D eigenvalue weighted by atomic mass is 35.5. The molecule has 1 aromatic carbocycles. The largest absolute Gasteiger partial charge is 0.385 e. The zero-order valence-electron chi connectivity index (χ0n) is 6.94. The number of hydrogen-bond donors (Lipinski definition) is 0. The molecule has 0 aromatic heterocycles. The van der Waals surface area contributed by atoms with Gasteiger partial charge in [0.1, 0.15) is 17.6 Å². The van der Waals surface area contributed by atoms with Crippen LogP contribution in [0.4, 0.5) is 0 Å². The molecule has 11 heavy (non-hydrogen) atoms. The van der Waals surface area contributed by atoms with Gasteiger partial charge in [0, 0.05) is 0 Å². The van der Waals surface area contributed by atoms with Crippen LogP contribution in [0.2, 0.25) is 0 Å². The molecule has 60 valence electrons. The zero-order valence-corrected chi connectivity index (χ0v) is 7.70. The van der Waals surface area contributed by atoms with Gasteiger partial charge in [0.05, 0.1) is 0 Å². The summed E-state index contributed by atoms with van der Waals surface area (Å²) in [5.41, 5.74) is 3.54. The van der Waals surface area contributed by atoms with E-state index in [1.807, 2.05) is 19.9 Å². The molecule has 0 radical (unpaired) electrons. The summed E-state index contributed by atoms with van der Waals surface area (Å²) in [7, 11) is 0. The maximum Gasteiger partial charge on any atom is 0.149 e. The van der Waals surface area contributed by atoms with Gasteiger partial charge in [-0.1, -0.05) is 6.07 Å². The Balaban J connectivity index is 3.21. The molecule has 0 fully saturated rings. The fraction of sp³-hybridized carbons (Fsp3) is 0.333. The van der Waals surface area contributed by atoms with Crippen LogP contribution in [-0.2, 0) is 0 Å². The minimum atomic E-state index is 0.745. The first kappa shape index (κ1) is 8.41. The van der Waals surface area contributed by atoms with Crippen molar-refractivity contribution in [2.75, 3.05) is 0 Å². The lowest BCUT2D eigenvalue weighted by Gasteiger charge is -2.05. The van der Waals surface area contributed by atoms with Crippen LogP contribution in [-0.4, -0.2) is 0 Å². The van der Waals surface area contributed by atoms with Gasteiger partial charge in [0.2, 0.25) is 0 Å². The minimum Gasteiger partial charge on any atom is -0.385 e. The van der Waals surface area contributed by atoms with Crippen molar-refractivity contribution in [2.24, 2.45) is 0 Å². The normalized spacial score (nSPS) is 9.82. The summed E-state index contributed by atoms with van der Waals surface area (Å²) >= 11 is 5.26. The number of aryl methyl sites for hydroxylation is 3.